The molecule has 0 saturated heterocycles. The molecule has 16 heavy (non-hydrogen) atoms. The van der Waals surface area contributed by atoms with E-state index in [0.717, 1.165) is 25.1 Å². The molecule has 0 heterocycles. The maximum Gasteiger partial charge on any atom is 0.119 e. The maximum atomic E-state index is 5.90. The summed E-state index contributed by atoms with van der Waals surface area (Å²) in [5, 5.41) is 0. The van der Waals surface area contributed by atoms with Gasteiger partial charge >= 0.3 is 0 Å². The predicted octanol–water partition coefficient (Wildman–Crippen LogP) is 2.26. The van der Waals surface area contributed by atoms with Crippen LogP contribution in [0, 0.1) is 0 Å². The summed E-state index contributed by atoms with van der Waals surface area (Å²) < 4.78 is 5.13. The molecule has 0 saturated carbocycles. The monoisotopic (exact) mass is 222 g/mol. The van der Waals surface area contributed by atoms with Gasteiger partial charge in [0, 0.05) is 25.3 Å². The highest BCUT2D eigenvalue weighted by Crippen LogP contribution is 2.18. The maximum absolute atomic E-state index is 5.90. The standard InChI is InChI=1S/C13H22N2O/c1-4-11(14)9-10-15(2)12-5-7-13(16-3)8-6-12/h5-8,11H,4,9-10,14H2,1-3H3. The van der Waals surface area contributed by atoms with Crippen LogP contribution in [0.1, 0.15) is 19.8 Å². The number of methoxy groups -OCH3 is 1. The van der Waals surface area contributed by atoms with Crippen molar-refractivity contribution in [3.05, 3.63) is 24.3 Å². The molecule has 1 unspecified atom stereocenters. The van der Waals surface area contributed by atoms with Crippen LogP contribution >= 0.6 is 0 Å². The smallest absolute Gasteiger partial charge is 0.119 e. The van der Waals surface area contributed by atoms with Gasteiger partial charge in [-0.25, -0.2) is 0 Å². The molecule has 0 aliphatic heterocycles. The van der Waals surface area contributed by atoms with Crippen LogP contribution in [-0.4, -0.2) is 26.7 Å². The topological polar surface area (TPSA) is 38.5 Å². The first-order valence-corrected chi connectivity index (χ1v) is 5.78. The SMILES string of the molecule is CCC(N)CCN(C)c1ccc(OC)cc1. The molecule has 1 aromatic carbocycles. The van der Waals surface area contributed by atoms with Crippen molar-refractivity contribution < 1.29 is 4.74 Å². The molecule has 0 amide bonds. The van der Waals surface area contributed by atoms with E-state index in [1.807, 2.05) is 12.1 Å². The van der Waals surface area contributed by atoms with Crippen LogP contribution in [0.15, 0.2) is 24.3 Å². The van der Waals surface area contributed by atoms with E-state index in [0.29, 0.717) is 6.04 Å². The summed E-state index contributed by atoms with van der Waals surface area (Å²) in [4.78, 5) is 2.22. The zero-order valence-electron chi connectivity index (χ0n) is 10.4. The average Bonchev–Trinajstić information content (AvgIpc) is 2.35. The van der Waals surface area contributed by atoms with Crippen molar-refractivity contribution in [2.24, 2.45) is 5.73 Å². The van der Waals surface area contributed by atoms with Crippen molar-refractivity contribution >= 4 is 5.69 Å². The first-order valence-electron chi connectivity index (χ1n) is 5.78. The van der Waals surface area contributed by atoms with Gasteiger partial charge in [0.15, 0.2) is 0 Å². The fourth-order valence-corrected chi connectivity index (χ4v) is 1.53. The Kier molecular flexibility index (Phi) is 5.12. The Hall–Kier alpha value is -1.22. The van der Waals surface area contributed by atoms with E-state index >= 15 is 0 Å². The van der Waals surface area contributed by atoms with Crippen molar-refractivity contribution in [2.75, 3.05) is 25.6 Å². The zero-order valence-corrected chi connectivity index (χ0v) is 10.4. The van der Waals surface area contributed by atoms with E-state index in [1.165, 1.54) is 5.69 Å². The van der Waals surface area contributed by atoms with Gasteiger partial charge in [-0.15, -0.1) is 0 Å². The van der Waals surface area contributed by atoms with Crippen LogP contribution in [0.2, 0.25) is 0 Å². The molecule has 0 bridgehead atoms. The third kappa shape index (κ3) is 3.74. The first kappa shape index (κ1) is 12.8. The highest BCUT2D eigenvalue weighted by molar-refractivity contribution is 5.48. The van der Waals surface area contributed by atoms with Gasteiger partial charge < -0.3 is 15.4 Å². The van der Waals surface area contributed by atoms with Gasteiger partial charge in [0.1, 0.15) is 5.75 Å². The third-order valence-electron chi connectivity index (χ3n) is 2.87. The molecule has 0 aliphatic rings. The summed E-state index contributed by atoms with van der Waals surface area (Å²) in [5.41, 5.74) is 7.10. The van der Waals surface area contributed by atoms with Gasteiger partial charge in [-0.2, -0.15) is 0 Å². The minimum absolute atomic E-state index is 0.306. The Balaban J connectivity index is 2.49. The number of ether oxygens (including phenoxy) is 1. The summed E-state index contributed by atoms with van der Waals surface area (Å²) in [5.74, 6) is 0.891. The Labute approximate surface area is 98.2 Å². The number of nitrogens with zero attached hydrogens (tertiary/aromatic N) is 1. The van der Waals surface area contributed by atoms with Crippen LogP contribution in [-0.2, 0) is 0 Å². The quantitative estimate of drug-likeness (QED) is 0.802. The lowest BCUT2D eigenvalue weighted by molar-refractivity contribution is 0.415. The summed E-state index contributed by atoms with van der Waals surface area (Å²) in [7, 11) is 3.77. The molecular formula is C13H22N2O. The van der Waals surface area contributed by atoms with Gasteiger partial charge in [0.05, 0.1) is 7.11 Å². The van der Waals surface area contributed by atoms with Crippen molar-refractivity contribution in [3.63, 3.8) is 0 Å². The number of rotatable bonds is 6. The van der Waals surface area contributed by atoms with Gasteiger partial charge in [-0.05, 0) is 37.1 Å². The molecule has 0 spiro atoms. The summed E-state index contributed by atoms with van der Waals surface area (Å²) in [6.07, 6.45) is 2.06. The van der Waals surface area contributed by atoms with Crippen LogP contribution in [0.4, 0.5) is 5.69 Å². The van der Waals surface area contributed by atoms with E-state index in [2.05, 4.69) is 31.0 Å². The lowest BCUT2D eigenvalue weighted by Crippen LogP contribution is -2.27. The highest BCUT2D eigenvalue weighted by Gasteiger charge is 2.04. The normalized spacial score (nSPS) is 12.2. The average molecular weight is 222 g/mol. The second kappa shape index (κ2) is 6.38. The van der Waals surface area contributed by atoms with Crippen LogP contribution in [0.3, 0.4) is 0 Å². The van der Waals surface area contributed by atoms with Gasteiger partial charge in [0.2, 0.25) is 0 Å². The number of hydrogen-bond donors (Lipinski definition) is 1. The molecular weight excluding hydrogens is 200 g/mol. The molecule has 0 radical (unpaired) electrons. The number of benzene rings is 1. The minimum Gasteiger partial charge on any atom is -0.497 e. The third-order valence-corrected chi connectivity index (χ3v) is 2.87. The molecule has 1 aromatic rings. The summed E-state index contributed by atoms with van der Waals surface area (Å²) >= 11 is 0. The van der Waals surface area contributed by atoms with E-state index in [1.54, 1.807) is 7.11 Å². The lowest BCUT2D eigenvalue weighted by Gasteiger charge is -2.21. The largest absolute Gasteiger partial charge is 0.497 e. The fourth-order valence-electron chi connectivity index (χ4n) is 1.53. The number of hydrogen-bond acceptors (Lipinski definition) is 3. The van der Waals surface area contributed by atoms with Gasteiger partial charge in [0.25, 0.3) is 0 Å². The Morgan fingerprint density at radius 2 is 1.94 bits per heavy atom. The molecule has 2 N–H and O–H groups in total. The van der Waals surface area contributed by atoms with Gasteiger partial charge in [-0.3, -0.25) is 0 Å². The molecule has 0 aromatic heterocycles. The van der Waals surface area contributed by atoms with Crippen molar-refractivity contribution in [1.82, 2.24) is 0 Å². The Bertz CT molecular complexity index is 297. The van der Waals surface area contributed by atoms with Crippen LogP contribution < -0.4 is 15.4 Å². The molecule has 1 rings (SSSR count). The van der Waals surface area contributed by atoms with E-state index in [9.17, 15) is 0 Å². The highest BCUT2D eigenvalue weighted by atomic mass is 16.5. The number of nitrogens with two attached hydrogens (primary N) is 1. The van der Waals surface area contributed by atoms with E-state index in [-0.39, 0.29) is 0 Å². The van der Waals surface area contributed by atoms with E-state index in [4.69, 9.17) is 10.5 Å². The van der Waals surface area contributed by atoms with Gasteiger partial charge in [-0.1, -0.05) is 6.92 Å². The second-order valence-corrected chi connectivity index (χ2v) is 4.08. The first-order chi connectivity index (χ1) is 7.67. The summed E-state index contributed by atoms with van der Waals surface area (Å²) in [6.45, 7) is 3.11. The van der Waals surface area contributed by atoms with Crippen LogP contribution in [0.25, 0.3) is 0 Å². The van der Waals surface area contributed by atoms with Crippen molar-refractivity contribution in [3.8, 4) is 5.75 Å². The molecule has 3 heteroatoms. The van der Waals surface area contributed by atoms with Crippen molar-refractivity contribution in [1.29, 1.82) is 0 Å². The second-order valence-electron chi connectivity index (χ2n) is 4.08. The Morgan fingerprint density at radius 1 is 1.31 bits per heavy atom. The molecule has 90 valence electrons. The zero-order chi connectivity index (χ0) is 12.0. The summed E-state index contributed by atoms with van der Waals surface area (Å²) in [6, 6.07) is 8.39. The molecule has 0 aliphatic carbocycles. The van der Waals surface area contributed by atoms with E-state index < -0.39 is 0 Å². The number of anilines is 1. The fraction of sp³-hybridized carbons (Fsp3) is 0.538. The molecule has 3 nitrogen and oxygen atoms in total. The van der Waals surface area contributed by atoms with Crippen molar-refractivity contribution in [2.45, 2.75) is 25.8 Å². The Morgan fingerprint density at radius 3 is 2.44 bits per heavy atom. The lowest BCUT2D eigenvalue weighted by atomic mass is 10.1. The molecule has 0 fully saturated rings. The molecule has 1 atom stereocenters. The minimum atomic E-state index is 0.306. The predicted molar refractivity (Wildman–Crippen MR) is 69.1 cm³/mol. The van der Waals surface area contributed by atoms with Crippen LogP contribution in [0.5, 0.6) is 5.75 Å².